The number of urea groups is 1. The molecular weight excluding hydrogens is 330 g/mol. The maximum Gasteiger partial charge on any atom is 0.333 e. The molecule has 0 radical (unpaired) electrons. The Labute approximate surface area is 159 Å². The van der Waals surface area contributed by atoms with Crippen molar-refractivity contribution in [2.45, 2.75) is 97.4 Å². The summed E-state index contributed by atoms with van der Waals surface area (Å²) in [6.45, 7) is 20.9. The third kappa shape index (κ3) is 9.80. The maximum absolute atomic E-state index is 12.5. The first-order valence-corrected chi connectivity index (χ1v) is 9.08. The number of nitrogens with one attached hydrogen (secondary N) is 3. The summed E-state index contributed by atoms with van der Waals surface area (Å²) in [5.74, 6) is -0.425. The molecule has 0 bridgehead atoms. The van der Waals surface area contributed by atoms with Crippen molar-refractivity contribution in [2.24, 2.45) is 0 Å². The van der Waals surface area contributed by atoms with Gasteiger partial charge in [-0.05, 0) is 75.8 Å². The smallest absolute Gasteiger partial charge is 0.333 e. The molecular formula is C20H39N3O3. The third-order valence-electron chi connectivity index (χ3n) is 4.05. The molecule has 0 rings (SSSR count). The number of ether oxygens (including phenoxy) is 1. The van der Waals surface area contributed by atoms with E-state index >= 15 is 0 Å². The van der Waals surface area contributed by atoms with Crippen LogP contribution in [0.15, 0.2) is 12.2 Å². The van der Waals surface area contributed by atoms with Crippen molar-refractivity contribution in [3.8, 4) is 0 Å². The Bertz CT molecular complexity index is 534. The maximum atomic E-state index is 12.5. The second-order valence-corrected chi connectivity index (χ2v) is 9.76. The summed E-state index contributed by atoms with van der Waals surface area (Å²) in [7, 11) is 1.91. The molecule has 0 spiro atoms. The highest BCUT2D eigenvalue weighted by Crippen LogP contribution is 2.25. The fraction of sp³-hybridized carbons (Fsp3) is 0.800. The number of carbonyl (C=O) groups excluding carboxylic acids is 2. The first-order valence-electron chi connectivity index (χ1n) is 9.08. The molecule has 0 saturated carbocycles. The zero-order valence-corrected chi connectivity index (χ0v) is 18.3. The van der Waals surface area contributed by atoms with Crippen LogP contribution in [0.3, 0.4) is 0 Å². The lowest BCUT2D eigenvalue weighted by molar-refractivity contribution is -0.153. The average Bonchev–Trinajstić information content (AvgIpc) is 2.32. The SMILES string of the molecule is C=C(C)C(=O)OC(C)(C)CC(C)(C)NC(=O)NC(C)(C)CC(C)(C)NC. The Morgan fingerprint density at radius 2 is 1.27 bits per heavy atom. The van der Waals surface area contributed by atoms with Gasteiger partial charge in [0.15, 0.2) is 0 Å². The van der Waals surface area contributed by atoms with Crippen molar-refractivity contribution in [2.75, 3.05) is 7.05 Å². The largest absolute Gasteiger partial charge is 0.456 e. The normalized spacial score (nSPS) is 13.2. The molecule has 0 aliphatic carbocycles. The topological polar surface area (TPSA) is 79.5 Å². The monoisotopic (exact) mass is 369 g/mol. The van der Waals surface area contributed by atoms with Gasteiger partial charge in [-0.3, -0.25) is 0 Å². The fourth-order valence-corrected chi connectivity index (χ4v) is 3.37. The van der Waals surface area contributed by atoms with Crippen LogP contribution in [0.4, 0.5) is 4.79 Å². The molecule has 0 fully saturated rings. The zero-order chi connectivity index (χ0) is 21.0. The van der Waals surface area contributed by atoms with Crippen molar-refractivity contribution in [3.05, 3.63) is 12.2 Å². The van der Waals surface area contributed by atoms with Gasteiger partial charge in [0.05, 0.1) is 0 Å². The Balaban J connectivity index is 4.85. The predicted octanol–water partition coefficient (Wildman–Crippen LogP) is 3.52. The zero-order valence-electron chi connectivity index (χ0n) is 18.3. The van der Waals surface area contributed by atoms with Gasteiger partial charge in [0.2, 0.25) is 0 Å². The number of hydrogen-bond donors (Lipinski definition) is 3. The van der Waals surface area contributed by atoms with Crippen molar-refractivity contribution in [1.29, 1.82) is 0 Å². The van der Waals surface area contributed by atoms with Crippen LogP contribution >= 0.6 is 0 Å². The molecule has 6 heteroatoms. The number of rotatable bonds is 9. The molecule has 0 aliphatic rings. The Kier molecular flexibility index (Phi) is 7.92. The lowest BCUT2D eigenvalue weighted by Crippen LogP contribution is -2.58. The fourth-order valence-electron chi connectivity index (χ4n) is 3.37. The Morgan fingerprint density at radius 1 is 0.846 bits per heavy atom. The minimum Gasteiger partial charge on any atom is -0.456 e. The highest BCUT2D eigenvalue weighted by atomic mass is 16.6. The molecule has 0 unspecified atom stereocenters. The summed E-state index contributed by atoms with van der Waals surface area (Å²) < 4.78 is 5.48. The van der Waals surface area contributed by atoms with Crippen LogP contribution in [0.5, 0.6) is 0 Å². The molecule has 0 aliphatic heterocycles. The van der Waals surface area contributed by atoms with E-state index in [1.54, 1.807) is 6.92 Å². The van der Waals surface area contributed by atoms with E-state index in [2.05, 4.69) is 36.4 Å². The molecule has 0 heterocycles. The molecule has 0 atom stereocenters. The molecule has 3 N–H and O–H groups in total. The van der Waals surface area contributed by atoms with Gasteiger partial charge in [-0.2, -0.15) is 0 Å². The van der Waals surface area contributed by atoms with E-state index in [0.717, 1.165) is 6.42 Å². The second-order valence-electron chi connectivity index (χ2n) is 9.76. The average molecular weight is 370 g/mol. The van der Waals surface area contributed by atoms with E-state index in [9.17, 15) is 9.59 Å². The van der Waals surface area contributed by atoms with Crippen LogP contribution in [0.1, 0.15) is 75.2 Å². The van der Waals surface area contributed by atoms with Gasteiger partial charge in [0.1, 0.15) is 5.60 Å². The van der Waals surface area contributed by atoms with E-state index in [0.29, 0.717) is 12.0 Å². The van der Waals surface area contributed by atoms with E-state index in [4.69, 9.17) is 4.74 Å². The van der Waals surface area contributed by atoms with E-state index in [1.165, 1.54) is 0 Å². The summed E-state index contributed by atoms with van der Waals surface area (Å²) in [6.07, 6.45) is 1.24. The van der Waals surface area contributed by atoms with Crippen molar-refractivity contribution >= 4 is 12.0 Å². The van der Waals surface area contributed by atoms with Gasteiger partial charge >= 0.3 is 12.0 Å². The minimum atomic E-state index is -0.726. The minimum absolute atomic E-state index is 0.0922. The van der Waals surface area contributed by atoms with Crippen LogP contribution in [0, 0.1) is 0 Å². The van der Waals surface area contributed by atoms with Gasteiger partial charge in [-0.1, -0.05) is 6.58 Å². The van der Waals surface area contributed by atoms with Crippen molar-refractivity contribution < 1.29 is 14.3 Å². The third-order valence-corrected chi connectivity index (χ3v) is 4.05. The predicted molar refractivity (Wildman–Crippen MR) is 107 cm³/mol. The van der Waals surface area contributed by atoms with Crippen LogP contribution in [0.2, 0.25) is 0 Å². The molecule has 6 nitrogen and oxygen atoms in total. The van der Waals surface area contributed by atoms with E-state index in [1.807, 2.05) is 48.6 Å². The summed E-state index contributed by atoms with van der Waals surface area (Å²) in [5.41, 5.74) is -1.40. The Morgan fingerprint density at radius 3 is 1.65 bits per heavy atom. The van der Waals surface area contributed by atoms with Gasteiger partial charge < -0.3 is 20.7 Å². The van der Waals surface area contributed by atoms with Crippen LogP contribution in [0.25, 0.3) is 0 Å². The molecule has 0 saturated heterocycles. The summed E-state index contributed by atoms with van der Waals surface area (Å²) in [6, 6.07) is -0.242. The number of carbonyl (C=O) groups is 2. The summed E-state index contributed by atoms with van der Waals surface area (Å²) >= 11 is 0. The lowest BCUT2D eigenvalue weighted by atomic mass is 9.87. The summed E-state index contributed by atoms with van der Waals surface area (Å²) in [5, 5.41) is 9.28. The van der Waals surface area contributed by atoms with Crippen molar-refractivity contribution in [1.82, 2.24) is 16.0 Å². The standard InChI is InChI=1S/C20H39N3O3/c1-14(2)15(24)26-20(9,10)13-19(7,8)23-16(25)22-18(5,6)12-17(3,4)21-11/h21H,1,12-13H2,2-11H3,(H2,22,23,25). The summed E-state index contributed by atoms with van der Waals surface area (Å²) in [4.78, 5) is 24.3. The molecule has 0 aromatic heterocycles. The first kappa shape index (κ1) is 24.4. The molecule has 26 heavy (non-hydrogen) atoms. The number of hydrogen-bond acceptors (Lipinski definition) is 4. The van der Waals surface area contributed by atoms with Gasteiger partial charge in [-0.25, -0.2) is 9.59 Å². The van der Waals surface area contributed by atoms with Crippen LogP contribution < -0.4 is 16.0 Å². The first-order chi connectivity index (χ1) is 11.4. The van der Waals surface area contributed by atoms with Gasteiger partial charge in [-0.15, -0.1) is 0 Å². The quantitative estimate of drug-likeness (QED) is 0.429. The highest BCUT2D eigenvalue weighted by Gasteiger charge is 2.35. The van der Waals surface area contributed by atoms with Crippen molar-refractivity contribution in [3.63, 3.8) is 0 Å². The number of amides is 2. The second kappa shape index (κ2) is 8.42. The highest BCUT2D eigenvalue weighted by molar-refractivity contribution is 5.87. The molecule has 0 aromatic carbocycles. The Hall–Kier alpha value is -1.56. The molecule has 0 aromatic rings. The molecule has 152 valence electrons. The van der Waals surface area contributed by atoms with E-state index < -0.39 is 17.1 Å². The van der Waals surface area contributed by atoms with E-state index in [-0.39, 0.29) is 17.1 Å². The number of esters is 1. The molecule has 2 amide bonds. The lowest BCUT2D eigenvalue weighted by Gasteiger charge is -2.38. The van der Waals surface area contributed by atoms with Crippen LogP contribution in [-0.4, -0.2) is 41.3 Å². The van der Waals surface area contributed by atoms with Gasteiger partial charge in [0.25, 0.3) is 0 Å². The van der Waals surface area contributed by atoms with Gasteiger partial charge in [0, 0.05) is 28.6 Å². The van der Waals surface area contributed by atoms with Crippen LogP contribution in [-0.2, 0) is 9.53 Å².